The topological polar surface area (TPSA) is 115 Å². The van der Waals surface area contributed by atoms with Gasteiger partial charge in [-0.05, 0) is 43.5 Å². The first-order valence-corrected chi connectivity index (χ1v) is 9.34. The second-order valence-electron chi connectivity index (χ2n) is 5.77. The number of hydrogen-bond donors (Lipinski definition) is 4. The van der Waals surface area contributed by atoms with Crippen LogP contribution < -0.4 is 0 Å². The number of alkyl halides is 1. The van der Waals surface area contributed by atoms with Gasteiger partial charge < -0.3 is 20.4 Å². The molecule has 154 valence electrons. The van der Waals surface area contributed by atoms with Crippen molar-refractivity contribution in [3.63, 3.8) is 0 Å². The molecular weight excluding hydrogens is 384 g/mol. The first kappa shape index (κ1) is 25.6. The van der Waals surface area contributed by atoms with Crippen molar-refractivity contribution in [1.82, 2.24) is 0 Å². The van der Waals surface area contributed by atoms with Gasteiger partial charge in [0.05, 0.1) is 23.3 Å². The van der Waals surface area contributed by atoms with Crippen LogP contribution in [0.5, 0.6) is 0 Å². The Balaban J connectivity index is 0.000000391. The average molecular weight is 411 g/mol. The van der Waals surface area contributed by atoms with Crippen LogP contribution in [0.4, 0.5) is 0 Å². The molecule has 0 aliphatic heterocycles. The number of aliphatic hydroxyl groups is 2. The van der Waals surface area contributed by atoms with Crippen LogP contribution in [-0.4, -0.2) is 50.5 Å². The second-order valence-corrected chi connectivity index (χ2v) is 6.15. The minimum atomic E-state index is -0.879. The molecule has 0 radical (unpaired) electrons. The predicted octanol–water partition coefficient (Wildman–Crippen LogP) is 3.91. The largest absolute Gasteiger partial charge is 0.478 e. The van der Waals surface area contributed by atoms with Crippen LogP contribution in [0, 0.1) is 0 Å². The van der Waals surface area contributed by atoms with Crippen molar-refractivity contribution >= 4 is 23.5 Å². The summed E-state index contributed by atoms with van der Waals surface area (Å²) in [7, 11) is 0. The van der Waals surface area contributed by atoms with E-state index in [1.54, 1.807) is 60.7 Å². The fraction of sp³-hybridized carbons (Fsp3) is 0.333. The summed E-state index contributed by atoms with van der Waals surface area (Å²) in [6.07, 6.45) is 0.895. The van der Waals surface area contributed by atoms with E-state index in [1.807, 2.05) is 6.92 Å². The molecule has 0 saturated heterocycles. The van der Waals surface area contributed by atoms with Crippen LogP contribution in [0.15, 0.2) is 60.7 Å². The Bertz CT molecular complexity index is 614. The summed E-state index contributed by atoms with van der Waals surface area (Å²) < 4.78 is 0. The van der Waals surface area contributed by atoms with Crippen LogP contribution in [-0.2, 0) is 0 Å². The van der Waals surface area contributed by atoms with Gasteiger partial charge in [0, 0.05) is 5.88 Å². The fourth-order valence-electron chi connectivity index (χ4n) is 1.89. The standard InChI is InChI=1S/C7H15ClO2.2C7H6O2/c1-2-6(9)5-7(10)3-4-8;2*8-7(9)6-4-2-1-3-5-6/h6-7,9-10H,2-5H2,1H3;2*1-5H,(H,8,9). The van der Waals surface area contributed by atoms with Gasteiger partial charge in [0.1, 0.15) is 0 Å². The molecule has 0 spiro atoms. The van der Waals surface area contributed by atoms with Gasteiger partial charge in [-0.3, -0.25) is 0 Å². The summed E-state index contributed by atoms with van der Waals surface area (Å²) in [6.45, 7) is 1.89. The predicted molar refractivity (Wildman–Crippen MR) is 109 cm³/mol. The maximum absolute atomic E-state index is 10.2. The van der Waals surface area contributed by atoms with E-state index in [2.05, 4.69) is 0 Å². The van der Waals surface area contributed by atoms with E-state index in [0.29, 0.717) is 36.3 Å². The van der Waals surface area contributed by atoms with E-state index < -0.39 is 18.0 Å². The molecule has 0 aliphatic carbocycles. The van der Waals surface area contributed by atoms with E-state index in [9.17, 15) is 9.59 Å². The maximum atomic E-state index is 10.2. The lowest BCUT2D eigenvalue weighted by molar-refractivity contribution is 0.0686. The molecule has 0 amide bonds. The van der Waals surface area contributed by atoms with Gasteiger partial charge in [0.15, 0.2) is 0 Å². The Hall–Kier alpha value is -2.41. The molecule has 7 heteroatoms. The molecule has 6 nitrogen and oxygen atoms in total. The number of carboxylic acid groups (broad SMARTS) is 2. The normalized spacial score (nSPS) is 11.7. The van der Waals surface area contributed by atoms with Crippen LogP contribution in [0.3, 0.4) is 0 Å². The van der Waals surface area contributed by atoms with Gasteiger partial charge >= 0.3 is 11.9 Å². The Labute approximate surface area is 170 Å². The van der Waals surface area contributed by atoms with Gasteiger partial charge in [-0.25, -0.2) is 9.59 Å². The molecular formula is C21H27ClO6. The molecule has 4 N–H and O–H groups in total. The summed E-state index contributed by atoms with van der Waals surface area (Å²) >= 11 is 5.38. The monoisotopic (exact) mass is 410 g/mol. The maximum Gasteiger partial charge on any atom is 0.335 e. The zero-order valence-corrected chi connectivity index (χ0v) is 16.5. The molecule has 0 aromatic heterocycles. The van der Waals surface area contributed by atoms with Crippen LogP contribution in [0.2, 0.25) is 0 Å². The van der Waals surface area contributed by atoms with Crippen molar-refractivity contribution in [2.24, 2.45) is 0 Å². The van der Waals surface area contributed by atoms with Crippen LogP contribution >= 0.6 is 11.6 Å². The molecule has 0 heterocycles. The highest BCUT2D eigenvalue weighted by molar-refractivity contribution is 6.17. The third kappa shape index (κ3) is 12.9. The quantitative estimate of drug-likeness (QED) is 0.514. The van der Waals surface area contributed by atoms with Crippen LogP contribution in [0.25, 0.3) is 0 Å². The third-order valence-electron chi connectivity index (χ3n) is 3.50. The molecule has 2 atom stereocenters. The molecule has 0 saturated carbocycles. The van der Waals surface area contributed by atoms with Crippen LogP contribution in [0.1, 0.15) is 46.9 Å². The second kappa shape index (κ2) is 15.6. The summed E-state index contributed by atoms with van der Waals surface area (Å²) in [6, 6.07) is 16.6. The van der Waals surface area contributed by atoms with Gasteiger partial charge in [-0.15, -0.1) is 11.6 Å². The summed E-state index contributed by atoms with van der Waals surface area (Å²) in [5.41, 5.74) is 0.662. The number of halogens is 1. The van der Waals surface area contributed by atoms with E-state index in [-0.39, 0.29) is 6.10 Å². The Morgan fingerprint density at radius 2 is 1.21 bits per heavy atom. The van der Waals surface area contributed by atoms with Crippen molar-refractivity contribution in [1.29, 1.82) is 0 Å². The summed E-state index contributed by atoms with van der Waals surface area (Å²) in [4.78, 5) is 20.4. The first-order chi connectivity index (χ1) is 13.3. The Morgan fingerprint density at radius 3 is 1.46 bits per heavy atom. The highest BCUT2D eigenvalue weighted by Gasteiger charge is 2.08. The number of carboxylic acids is 2. The molecule has 28 heavy (non-hydrogen) atoms. The summed E-state index contributed by atoms with van der Waals surface area (Å²) in [5.74, 6) is -1.30. The summed E-state index contributed by atoms with van der Waals surface area (Å²) in [5, 5.41) is 34.9. The van der Waals surface area contributed by atoms with E-state index >= 15 is 0 Å². The van der Waals surface area contributed by atoms with Gasteiger partial charge in [-0.1, -0.05) is 43.3 Å². The zero-order chi connectivity index (χ0) is 21.4. The van der Waals surface area contributed by atoms with Gasteiger partial charge in [0.25, 0.3) is 0 Å². The Morgan fingerprint density at radius 1 is 0.821 bits per heavy atom. The van der Waals surface area contributed by atoms with E-state index in [0.717, 1.165) is 0 Å². The van der Waals surface area contributed by atoms with Crippen molar-refractivity contribution < 1.29 is 30.0 Å². The minimum absolute atomic E-state index is 0.331. The van der Waals surface area contributed by atoms with Crippen molar-refractivity contribution in [3.8, 4) is 0 Å². The highest BCUT2D eigenvalue weighted by atomic mass is 35.5. The minimum Gasteiger partial charge on any atom is -0.478 e. The van der Waals surface area contributed by atoms with Crippen molar-refractivity contribution in [3.05, 3.63) is 71.8 Å². The number of rotatable bonds is 7. The third-order valence-corrected chi connectivity index (χ3v) is 3.72. The Kier molecular flexibility index (Phi) is 14.3. The SMILES string of the molecule is CCC(O)CC(O)CCCl.O=C(O)c1ccccc1.O=C(O)c1ccccc1. The number of hydrogen-bond acceptors (Lipinski definition) is 4. The molecule has 0 fully saturated rings. The van der Waals surface area contributed by atoms with Crippen molar-refractivity contribution in [2.75, 3.05) is 5.88 Å². The zero-order valence-electron chi connectivity index (χ0n) is 15.7. The molecule has 0 aliphatic rings. The first-order valence-electron chi connectivity index (χ1n) is 8.80. The lowest BCUT2D eigenvalue weighted by atomic mass is 10.1. The molecule has 0 bridgehead atoms. The van der Waals surface area contributed by atoms with E-state index in [1.165, 1.54) is 0 Å². The van der Waals surface area contributed by atoms with Crippen molar-refractivity contribution in [2.45, 2.75) is 38.4 Å². The lowest BCUT2D eigenvalue weighted by Crippen LogP contribution is -2.17. The highest BCUT2D eigenvalue weighted by Crippen LogP contribution is 2.05. The lowest BCUT2D eigenvalue weighted by Gasteiger charge is -2.12. The van der Waals surface area contributed by atoms with Gasteiger partial charge in [-0.2, -0.15) is 0 Å². The number of benzene rings is 2. The molecule has 2 rings (SSSR count). The van der Waals surface area contributed by atoms with E-state index in [4.69, 9.17) is 32.0 Å². The number of aromatic carboxylic acids is 2. The smallest absolute Gasteiger partial charge is 0.335 e. The molecule has 2 aromatic rings. The average Bonchev–Trinajstić information content (AvgIpc) is 2.70. The molecule has 2 aromatic carbocycles. The van der Waals surface area contributed by atoms with Gasteiger partial charge in [0.2, 0.25) is 0 Å². The number of carbonyl (C=O) groups is 2. The molecule has 2 unspecified atom stereocenters. The number of aliphatic hydroxyl groups excluding tert-OH is 2. The fourth-order valence-corrected chi connectivity index (χ4v) is 2.14.